The zero-order valence-electron chi connectivity index (χ0n) is 10.1. The molecule has 5 nitrogen and oxygen atoms in total. The quantitative estimate of drug-likeness (QED) is 0.858. The van der Waals surface area contributed by atoms with Crippen molar-refractivity contribution in [3.63, 3.8) is 0 Å². The van der Waals surface area contributed by atoms with Crippen LogP contribution in [0.5, 0.6) is 0 Å². The maximum atomic E-state index is 11.9. The highest BCUT2D eigenvalue weighted by molar-refractivity contribution is 14.1. The van der Waals surface area contributed by atoms with Gasteiger partial charge in [-0.3, -0.25) is 14.5 Å². The van der Waals surface area contributed by atoms with Gasteiger partial charge in [-0.1, -0.05) is 0 Å². The highest BCUT2D eigenvalue weighted by atomic mass is 127. The van der Waals surface area contributed by atoms with Crippen LogP contribution in [0.2, 0.25) is 0 Å². The van der Waals surface area contributed by atoms with Crippen LogP contribution in [-0.4, -0.2) is 20.7 Å². The van der Waals surface area contributed by atoms with Gasteiger partial charge in [-0.2, -0.15) is 5.10 Å². The molecule has 18 heavy (non-hydrogen) atoms. The number of anilines is 1. The van der Waals surface area contributed by atoms with Gasteiger partial charge >= 0.3 is 0 Å². The Morgan fingerprint density at radius 3 is 2.83 bits per heavy atom. The second-order valence-electron chi connectivity index (χ2n) is 3.93. The number of halogens is 1. The van der Waals surface area contributed by atoms with Crippen LogP contribution in [-0.2, 0) is 11.3 Å². The Hall–Kier alpha value is -1.44. The van der Waals surface area contributed by atoms with E-state index in [0.29, 0.717) is 5.69 Å². The van der Waals surface area contributed by atoms with Crippen molar-refractivity contribution >= 4 is 34.2 Å². The fourth-order valence-electron chi connectivity index (χ4n) is 1.60. The van der Waals surface area contributed by atoms with Crippen molar-refractivity contribution in [1.29, 1.82) is 0 Å². The Balaban J connectivity index is 2.06. The summed E-state index contributed by atoms with van der Waals surface area (Å²) >= 11 is 2.24. The third-order valence-corrected chi connectivity index (χ3v) is 4.09. The second kappa shape index (κ2) is 5.47. The van der Waals surface area contributed by atoms with Gasteiger partial charge < -0.3 is 5.32 Å². The molecule has 2 heterocycles. The molecule has 0 unspecified atom stereocenters. The lowest BCUT2D eigenvalue weighted by Crippen LogP contribution is -2.20. The van der Waals surface area contributed by atoms with E-state index in [4.69, 9.17) is 0 Å². The number of carbonyl (C=O) groups is 1. The summed E-state index contributed by atoms with van der Waals surface area (Å²) in [5.74, 6) is -0.106. The third-order valence-electron chi connectivity index (χ3n) is 2.53. The Labute approximate surface area is 119 Å². The van der Waals surface area contributed by atoms with Crippen LogP contribution in [0.1, 0.15) is 11.4 Å². The summed E-state index contributed by atoms with van der Waals surface area (Å²) in [5, 5.41) is 7.11. The van der Waals surface area contributed by atoms with Gasteiger partial charge in [0.2, 0.25) is 5.91 Å². The van der Waals surface area contributed by atoms with Crippen LogP contribution in [0, 0.1) is 17.4 Å². The first kappa shape index (κ1) is 13.0. The van der Waals surface area contributed by atoms with Crippen molar-refractivity contribution < 1.29 is 4.79 Å². The largest absolute Gasteiger partial charge is 0.323 e. The van der Waals surface area contributed by atoms with Gasteiger partial charge in [-0.05, 0) is 48.6 Å². The molecule has 0 aliphatic rings. The molecule has 1 amide bonds. The monoisotopic (exact) mass is 356 g/mol. The number of carbonyl (C=O) groups excluding carboxylic acids is 1. The van der Waals surface area contributed by atoms with Gasteiger partial charge in [0.1, 0.15) is 6.54 Å². The fraction of sp³-hybridized carbons (Fsp3) is 0.250. The van der Waals surface area contributed by atoms with Crippen LogP contribution in [0.4, 0.5) is 5.69 Å². The molecule has 0 aliphatic carbocycles. The van der Waals surface area contributed by atoms with E-state index in [2.05, 4.69) is 38.0 Å². The van der Waals surface area contributed by atoms with Crippen LogP contribution < -0.4 is 5.32 Å². The number of aryl methyl sites for hydroxylation is 1. The Morgan fingerprint density at radius 2 is 2.28 bits per heavy atom. The molecule has 0 saturated heterocycles. The maximum Gasteiger partial charge on any atom is 0.246 e. The first-order valence-corrected chi connectivity index (χ1v) is 6.55. The number of hydrogen-bond donors (Lipinski definition) is 1. The molecule has 2 aromatic heterocycles. The van der Waals surface area contributed by atoms with E-state index in [1.54, 1.807) is 29.2 Å². The molecular weight excluding hydrogens is 343 g/mol. The van der Waals surface area contributed by atoms with E-state index in [9.17, 15) is 4.79 Å². The summed E-state index contributed by atoms with van der Waals surface area (Å²) in [4.78, 5) is 15.8. The predicted octanol–water partition coefficient (Wildman–Crippen LogP) is 2.14. The Kier molecular flexibility index (Phi) is 3.95. The van der Waals surface area contributed by atoms with Gasteiger partial charge in [0.05, 0.1) is 21.1 Å². The number of pyridine rings is 1. The molecule has 1 N–H and O–H groups in total. The van der Waals surface area contributed by atoms with E-state index in [1.165, 1.54) is 0 Å². The summed E-state index contributed by atoms with van der Waals surface area (Å²) in [6.07, 6.45) is 3.28. The standard InChI is InChI=1S/C12H13IN4O/c1-8-12(13)9(2)17(16-8)7-11(18)15-10-4-3-5-14-6-10/h3-6H,7H2,1-2H3,(H,15,18). The highest BCUT2D eigenvalue weighted by Crippen LogP contribution is 2.15. The minimum atomic E-state index is -0.106. The highest BCUT2D eigenvalue weighted by Gasteiger charge is 2.11. The lowest BCUT2D eigenvalue weighted by molar-refractivity contribution is -0.116. The van der Waals surface area contributed by atoms with Gasteiger partial charge in [0.25, 0.3) is 0 Å². The molecule has 0 spiro atoms. The summed E-state index contributed by atoms with van der Waals surface area (Å²) in [7, 11) is 0. The van der Waals surface area contributed by atoms with E-state index < -0.39 is 0 Å². The number of amides is 1. The van der Waals surface area contributed by atoms with E-state index in [-0.39, 0.29) is 12.5 Å². The summed E-state index contributed by atoms with van der Waals surface area (Å²) < 4.78 is 2.81. The van der Waals surface area contributed by atoms with Crippen molar-refractivity contribution in [2.75, 3.05) is 5.32 Å². The van der Waals surface area contributed by atoms with Gasteiger partial charge in [0.15, 0.2) is 0 Å². The summed E-state index contributed by atoms with van der Waals surface area (Å²) in [5.41, 5.74) is 2.65. The number of aromatic nitrogens is 3. The summed E-state index contributed by atoms with van der Waals surface area (Å²) in [6, 6.07) is 3.58. The van der Waals surface area contributed by atoms with Crippen LogP contribution >= 0.6 is 22.6 Å². The number of nitrogens with zero attached hydrogens (tertiary/aromatic N) is 3. The molecule has 0 aromatic carbocycles. The SMILES string of the molecule is Cc1nn(CC(=O)Nc2cccnc2)c(C)c1I. The molecule has 0 bridgehead atoms. The average Bonchev–Trinajstić information content (AvgIpc) is 2.58. The Bertz CT molecular complexity index is 565. The number of hydrogen-bond acceptors (Lipinski definition) is 3. The van der Waals surface area contributed by atoms with E-state index in [1.807, 2.05) is 13.8 Å². The molecule has 2 aromatic rings. The first-order chi connectivity index (χ1) is 8.58. The molecule has 0 radical (unpaired) electrons. The second-order valence-corrected chi connectivity index (χ2v) is 5.01. The normalized spacial score (nSPS) is 10.4. The zero-order chi connectivity index (χ0) is 13.1. The van der Waals surface area contributed by atoms with Gasteiger partial charge in [-0.15, -0.1) is 0 Å². The van der Waals surface area contributed by atoms with Gasteiger partial charge in [-0.25, -0.2) is 0 Å². The molecular formula is C12H13IN4O. The van der Waals surface area contributed by atoms with Crippen molar-refractivity contribution in [2.24, 2.45) is 0 Å². The van der Waals surface area contributed by atoms with Crippen LogP contribution in [0.15, 0.2) is 24.5 Å². The molecule has 0 saturated carbocycles. The lowest BCUT2D eigenvalue weighted by atomic mass is 10.4. The smallest absolute Gasteiger partial charge is 0.246 e. The van der Waals surface area contributed by atoms with Crippen molar-refractivity contribution in [3.05, 3.63) is 39.5 Å². The van der Waals surface area contributed by atoms with E-state index >= 15 is 0 Å². The number of nitrogens with one attached hydrogen (secondary N) is 1. The summed E-state index contributed by atoms with van der Waals surface area (Å²) in [6.45, 7) is 4.11. The van der Waals surface area contributed by atoms with Gasteiger partial charge in [0, 0.05) is 11.9 Å². The minimum Gasteiger partial charge on any atom is -0.323 e. The maximum absolute atomic E-state index is 11.9. The number of rotatable bonds is 3. The molecule has 0 fully saturated rings. The van der Waals surface area contributed by atoms with Crippen molar-refractivity contribution in [1.82, 2.24) is 14.8 Å². The molecule has 0 atom stereocenters. The molecule has 94 valence electrons. The lowest BCUT2D eigenvalue weighted by Gasteiger charge is -2.06. The van der Waals surface area contributed by atoms with Crippen LogP contribution in [0.3, 0.4) is 0 Å². The minimum absolute atomic E-state index is 0.106. The average molecular weight is 356 g/mol. The van der Waals surface area contributed by atoms with Crippen molar-refractivity contribution in [2.45, 2.75) is 20.4 Å². The third kappa shape index (κ3) is 2.87. The molecule has 0 aliphatic heterocycles. The predicted molar refractivity (Wildman–Crippen MR) is 77.3 cm³/mol. The van der Waals surface area contributed by atoms with Crippen LogP contribution in [0.25, 0.3) is 0 Å². The topological polar surface area (TPSA) is 59.8 Å². The first-order valence-electron chi connectivity index (χ1n) is 5.47. The zero-order valence-corrected chi connectivity index (χ0v) is 12.3. The fourth-order valence-corrected chi connectivity index (χ4v) is 1.99. The molecule has 2 rings (SSSR count). The van der Waals surface area contributed by atoms with Crippen molar-refractivity contribution in [3.8, 4) is 0 Å². The Morgan fingerprint density at radius 1 is 1.50 bits per heavy atom. The molecule has 6 heteroatoms. The van der Waals surface area contributed by atoms with E-state index in [0.717, 1.165) is 15.0 Å².